The molecule has 1 aliphatic rings. The highest BCUT2D eigenvalue weighted by Gasteiger charge is 2.19. The van der Waals surface area contributed by atoms with Gasteiger partial charge in [-0.3, -0.25) is 14.6 Å². The first-order valence-electron chi connectivity index (χ1n) is 7.36. The zero-order valence-electron chi connectivity index (χ0n) is 12.9. The fraction of sp³-hybridized carbons (Fsp3) is 0.250. The normalized spacial score (nSPS) is 15.5. The molecule has 2 aromatic rings. The molecular formula is C16H15N3O3S2. The van der Waals surface area contributed by atoms with E-state index in [4.69, 9.17) is 4.74 Å². The lowest BCUT2D eigenvalue weighted by atomic mass is 10.2. The monoisotopic (exact) mass is 361 g/mol. The van der Waals surface area contributed by atoms with Crippen LogP contribution in [0.15, 0.2) is 29.4 Å². The van der Waals surface area contributed by atoms with Crippen LogP contribution in [-0.4, -0.2) is 34.2 Å². The van der Waals surface area contributed by atoms with Gasteiger partial charge in [0, 0.05) is 17.2 Å². The second-order valence-electron chi connectivity index (χ2n) is 4.87. The molecule has 0 spiro atoms. The van der Waals surface area contributed by atoms with Crippen molar-refractivity contribution in [3.8, 4) is 11.4 Å². The molecule has 0 saturated carbocycles. The Morgan fingerprint density at radius 3 is 3.00 bits per heavy atom. The van der Waals surface area contributed by atoms with Gasteiger partial charge in [0.1, 0.15) is 10.7 Å². The molecule has 1 saturated heterocycles. The predicted octanol–water partition coefficient (Wildman–Crippen LogP) is 2.47. The van der Waals surface area contributed by atoms with Crippen molar-refractivity contribution in [2.75, 3.05) is 12.4 Å². The average Bonchev–Trinajstić information content (AvgIpc) is 3.15. The molecule has 2 aromatic heterocycles. The maximum absolute atomic E-state index is 11.9. The van der Waals surface area contributed by atoms with Gasteiger partial charge in [-0.25, -0.2) is 4.98 Å². The summed E-state index contributed by atoms with van der Waals surface area (Å²) in [6.45, 7) is 2.12. The van der Waals surface area contributed by atoms with Crippen molar-refractivity contribution in [3.63, 3.8) is 0 Å². The molecule has 24 heavy (non-hydrogen) atoms. The standard InChI is InChI=1S/C16H15N3O3S2/c1-2-22-15(21)7-11-16(10-5-3-4-6-17-10)19-14(24-11)8-13-18-12(20)9-23-13/h3-6,8H,2,7,9H2,1H3,(H,18,20)/b13-8+. The summed E-state index contributed by atoms with van der Waals surface area (Å²) >= 11 is 2.84. The Kier molecular flexibility index (Phi) is 5.27. The first-order chi connectivity index (χ1) is 11.7. The highest BCUT2D eigenvalue weighted by molar-refractivity contribution is 8.04. The molecule has 0 aromatic carbocycles. The maximum Gasteiger partial charge on any atom is 0.311 e. The van der Waals surface area contributed by atoms with Gasteiger partial charge in [0.25, 0.3) is 0 Å². The number of aromatic nitrogens is 2. The number of amides is 1. The molecule has 0 atom stereocenters. The lowest BCUT2D eigenvalue weighted by molar-refractivity contribution is -0.142. The maximum atomic E-state index is 11.9. The molecule has 0 bridgehead atoms. The van der Waals surface area contributed by atoms with Crippen molar-refractivity contribution >= 4 is 41.1 Å². The van der Waals surface area contributed by atoms with Crippen LogP contribution in [-0.2, 0) is 20.7 Å². The molecule has 0 unspecified atom stereocenters. The lowest BCUT2D eigenvalue weighted by Crippen LogP contribution is -2.13. The molecule has 1 aliphatic heterocycles. The van der Waals surface area contributed by atoms with Gasteiger partial charge in [-0.05, 0) is 19.1 Å². The summed E-state index contributed by atoms with van der Waals surface area (Å²) in [4.78, 5) is 32.9. The highest BCUT2D eigenvalue weighted by atomic mass is 32.2. The summed E-state index contributed by atoms with van der Waals surface area (Å²) in [5, 5.41) is 4.27. The highest BCUT2D eigenvalue weighted by Crippen LogP contribution is 2.30. The Morgan fingerprint density at radius 2 is 2.33 bits per heavy atom. The van der Waals surface area contributed by atoms with Crippen molar-refractivity contribution in [3.05, 3.63) is 39.3 Å². The number of carbonyl (C=O) groups excluding carboxylic acids is 2. The zero-order chi connectivity index (χ0) is 16.9. The first kappa shape index (κ1) is 16.7. The van der Waals surface area contributed by atoms with E-state index in [9.17, 15) is 9.59 Å². The Hall–Kier alpha value is -2.19. The van der Waals surface area contributed by atoms with E-state index in [1.165, 1.54) is 23.1 Å². The number of thiazole rings is 1. The fourth-order valence-corrected chi connectivity index (χ4v) is 3.96. The number of hydrogen-bond donors (Lipinski definition) is 1. The van der Waals surface area contributed by atoms with E-state index in [1.807, 2.05) is 24.3 Å². The molecule has 1 N–H and O–H groups in total. The van der Waals surface area contributed by atoms with Crippen LogP contribution in [0.1, 0.15) is 16.8 Å². The van der Waals surface area contributed by atoms with Crippen LogP contribution in [0.4, 0.5) is 0 Å². The van der Waals surface area contributed by atoms with Crippen LogP contribution in [0.25, 0.3) is 17.5 Å². The molecule has 0 aliphatic carbocycles. The van der Waals surface area contributed by atoms with E-state index in [1.54, 1.807) is 13.1 Å². The van der Waals surface area contributed by atoms with Crippen molar-refractivity contribution in [1.29, 1.82) is 0 Å². The topological polar surface area (TPSA) is 81.2 Å². The van der Waals surface area contributed by atoms with E-state index in [2.05, 4.69) is 15.3 Å². The third-order valence-corrected chi connectivity index (χ3v) is 5.05. The Labute approximate surface area is 147 Å². The quantitative estimate of drug-likeness (QED) is 0.824. The van der Waals surface area contributed by atoms with Gasteiger partial charge in [0.15, 0.2) is 0 Å². The summed E-state index contributed by atoms with van der Waals surface area (Å²) in [6.07, 6.45) is 3.66. The lowest BCUT2D eigenvalue weighted by Gasteiger charge is -2.02. The van der Waals surface area contributed by atoms with Crippen LogP contribution in [0, 0.1) is 0 Å². The molecule has 0 radical (unpaired) electrons. The number of esters is 1. The summed E-state index contributed by atoms with van der Waals surface area (Å²) in [5.41, 5.74) is 1.38. The van der Waals surface area contributed by atoms with Crippen molar-refractivity contribution in [1.82, 2.24) is 15.3 Å². The van der Waals surface area contributed by atoms with Crippen LogP contribution in [0.2, 0.25) is 0 Å². The van der Waals surface area contributed by atoms with E-state index >= 15 is 0 Å². The Bertz CT molecular complexity index is 787. The molecule has 1 amide bonds. The van der Waals surface area contributed by atoms with Gasteiger partial charge in [-0.1, -0.05) is 17.8 Å². The van der Waals surface area contributed by atoms with Gasteiger partial charge in [-0.2, -0.15) is 0 Å². The smallest absolute Gasteiger partial charge is 0.311 e. The second kappa shape index (κ2) is 7.59. The second-order valence-corrected chi connectivity index (χ2v) is 7.00. The minimum atomic E-state index is -0.291. The summed E-state index contributed by atoms with van der Waals surface area (Å²) in [5.74, 6) is 0.112. The minimum Gasteiger partial charge on any atom is -0.466 e. The van der Waals surface area contributed by atoms with Crippen LogP contribution < -0.4 is 5.32 Å². The van der Waals surface area contributed by atoms with E-state index < -0.39 is 0 Å². The fourth-order valence-electron chi connectivity index (χ4n) is 2.14. The Balaban J connectivity index is 1.93. The van der Waals surface area contributed by atoms with Crippen LogP contribution in [0.3, 0.4) is 0 Å². The average molecular weight is 361 g/mol. The van der Waals surface area contributed by atoms with Crippen molar-refractivity contribution in [2.24, 2.45) is 0 Å². The largest absolute Gasteiger partial charge is 0.466 e. The summed E-state index contributed by atoms with van der Waals surface area (Å²) < 4.78 is 5.04. The van der Waals surface area contributed by atoms with Crippen molar-refractivity contribution in [2.45, 2.75) is 13.3 Å². The van der Waals surface area contributed by atoms with Crippen LogP contribution in [0.5, 0.6) is 0 Å². The Morgan fingerprint density at radius 1 is 1.46 bits per heavy atom. The molecular weight excluding hydrogens is 346 g/mol. The third-order valence-electron chi connectivity index (χ3n) is 3.11. The molecule has 8 heteroatoms. The molecule has 3 heterocycles. The van der Waals surface area contributed by atoms with Gasteiger partial charge >= 0.3 is 5.97 Å². The molecule has 1 fully saturated rings. The SMILES string of the molecule is CCOC(=O)Cc1sc(/C=C2\NC(=O)CS2)nc1-c1ccccn1. The molecule has 6 nitrogen and oxygen atoms in total. The van der Waals surface area contributed by atoms with E-state index in [0.717, 1.165) is 14.9 Å². The number of hydrogen-bond acceptors (Lipinski definition) is 7. The third kappa shape index (κ3) is 4.01. The molecule has 3 rings (SSSR count). The molecule has 124 valence electrons. The number of rotatable bonds is 5. The summed E-state index contributed by atoms with van der Waals surface area (Å²) in [6, 6.07) is 5.56. The summed E-state index contributed by atoms with van der Waals surface area (Å²) in [7, 11) is 0. The number of ether oxygens (including phenoxy) is 1. The predicted molar refractivity (Wildman–Crippen MR) is 94.3 cm³/mol. The van der Waals surface area contributed by atoms with E-state index in [-0.39, 0.29) is 18.3 Å². The zero-order valence-corrected chi connectivity index (χ0v) is 14.6. The van der Waals surface area contributed by atoms with Gasteiger partial charge in [-0.15, -0.1) is 11.3 Å². The van der Waals surface area contributed by atoms with Crippen LogP contribution >= 0.6 is 23.1 Å². The van der Waals surface area contributed by atoms with Crippen molar-refractivity contribution < 1.29 is 14.3 Å². The minimum absolute atomic E-state index is 0.0143. The van der Waals surface area contributed by atoms with Gasteiger partial charge in [0.05, 0.1) is 29.5 Å². The number of carbonyl (C=O) groups is 2. The number of nitrogens with zero attached hydrogens (tertiary/aromatic N) is 2. The number of thioether (sulfide) groups is 1. The first-order valence-corrected chi connectivity index (χ1v) is 9.17. The van der Waals surface area contributed by atoms with Gasteiger partial charge in [0.2, 0.25) is 5.91 Å². The number of pyridine rings is 1. The number of nitrogens with one attached hydrogen (secondary N) is 1. The van der Waals surface area contributed by atoms with E-state index in [0.29, 0.717) is 23.7 Å². The van der Waals surface area contributed by atoms with Gasteiger partial charge < -0.3 is 10.1 Å².